The third-order valence-electron chi connectivity index (χ3n) is 3.13. The summed E-state index contributed by atoms with van der Waals surface area (Å²) in [6, 6.07) is 8.67. The van der Waals surface area contributed by atoms with Crippen LogP contribution in [0, 0.1) is 0 Å². The number of nitrogens with zero attached hydrogens (tertiary/aromatic N) is 2. The Hall–Kier alpha value is -0.970. The van der Waals surface area contributed by atoms with Crippen LogP contribution in [0.3, 0.4) is 0 Å². The molecule has 0 fully saturated rings. The van der Waals surface area contributed by atoms with E-state index >= 15 is 0 Å². The first kappa shape index (κ1) is 11.5. The van der Waals surface area contributed by atoms with Crippen molar-refractivity contribution in [1.29, 1.82) is 0 Å². The van der Waals surface area contributed by atoms with Gasteiger partial charge in [0.2, 0.25) is 0 Å². The summed E-state index contributed by atoms with van der Waals surface area (Å²) in [5.74, 6) is 0. The average Bonchev–Trinajstić information content (AvgIpc) is 2.58. The van der Waals surface area contributed by atoms with Gasteiger partial charge in [-0.3, -0.25) is 0 Å². The highest BCUT2D eigenvalue weighted by molar-refractivity contribution is 5.64. The van der Waals surface area contributed by atoms with E-state index < -0.39 is 0 Å². The molecule has 2 heterocycles. The monoisotopic (exact) mass is 325 g/mol. The Balaban J connectivity index is 0.000000963. The summed E-state index contributed by atoms with van der Waals surface area (Å²) in [7, 11) is 4.22. The summed E-state index contributed by atoms with van der Waals surface area (Å²) >= 11 is 0. The van der Waals surface area contributed by atoms with E-state index in [9.17, 15) is 0 Å². The fraction of sp³-hybridized carbons (Fsp3) is 0.231. The standard InChI is InChI=1S/C13H14N2.HI/c1-14-7-3-5-10-9-11-6-4-8-15(2)13(11)12(10)14;/h3-8H,9H2,1-2H3;1H/q+2;/p-1. The van der Waals surface area contributed by atoms with Crippen LogP contribution in [0.25, 0.3) is 11.4 Å². The Kier molecular flexibility index (Phi) is 2.97. The SMILES string of the molecule is C[n+]1cccc2c1-c1c(ccc[n+]1C)C2.[I-]. The zero-order chi connectivity index (χ0) is 10.4. The summed E-state index contributed by atoms with van der Waals surface area (Å²) in [6.07, 6.45) is 5.29. The second-order valence-corrected chi connectivity index (χ2v) is 4.16. The molecule has 0 aromatic carbocycles. The molecule has 0 saturated carbocycles. The van der Waals surface area contributed by atoms with E-state index in [4.69, 9.17) is 0 Å². The zero-order valence-electron chi connectivity index (χ0n) is 9.44. The van der Waals surface area contributed by atoms with Gasteiger partial charge < -0.3 is 24.0 Å². The highest BCUT2D eigenvalue weighted by Gasteiger charge is 2.33. The Morgan fingerprint density at radius 3 is 1.75 bits per heavy atom. The lowest BCUT2D eigenvalue weighted by molar-refractivity contribution is -0.690. The average molecular weight is 325 g/mol. The number of hydrogen-bond donors (Lipinski definition) is 0. The van der Waals surface area contributed by atoms with Crippen molar-refractivity contribution in [2.45, 2.75) is 6.42 Å². The number of aromatic nitrogens is 2. The molecule has 2 aromatic heterocycles. The lowest BCUT2D eigenvalue weighted by Crippen LogP contribution is -3.00. The van der Waals surface area contributed by atoms with E-state index in [1.165, 1.54) is 22.5 Å². The first-order valence-electron chi connectivity index (χ1n) is 5.23. The zero-order valence-corrected chi connectivity index (χ0v) is 11.6. The van der Waals surface area contributed by atoms with E-state index in [2.05, 4.69) is 59.9 Å². The number of fused-ring (bicyclic) bond motifs is 3. The van der Waals surface area contributed by atoms with Gasteiger partial charge in [0.15, 0.2) is 12.4 Å². The third kappa shape index (κ3) is 1.54. The first-order chi connectivity index (χ1) is 7.27. The maximum absolute atomic E-state index is 2.22. The second kappa shape index (κ2) is 4.13. The van der Waals surface area contributed by atoms with Gasteiger partial charge in [-0.25, -0.2) is 0 Å². The molecule has 0 amide bonds. The largest absolute Gasteiger partial charge is 1.00 e. The highest BCUT2D eigenvalue weighted by atomic mass is 127. The van der Waals surface area contributed by atoms with Crippen molar-refractivity contribution in [3.05, 3.63) is 47.8 Å². The van der Waals surface area contributed by atoms with Crippen LogP contribution in [0.2, 0.25) is 0 Å². The summed E-state index contributed by atoms with van der Waals surface area (Å²) < 4.78 is 4.42. The minimum absolute atomic E-state index is 0. The molecule has 3 rings (SSSR count). The van der Waals surface area contributed by atoms with Crippen LogP contribution in [0.15, 0.2) is 36.7 Å². The number of rotatable bonds is 0. The molecule has 0 bridgehead atoms. The molecule has 0 atom stereocenters. The van der Waals surface area contributed by atoms with Crippen LogP contribution < -0.4 is 33.1 Å². The Morgan fingerprint density at radius 1 is 0.875 bits per heavy atom. The van der Waals surface area contributed by atoms with Gasteiger partial charge in [-0.2, -0.15) is 9.13 Å². The van der Waals surface area contributed by atoms with Gasteiger partial charge in [-0.1, -0.05) is 0 Å². The minimum atomic E-state index is 0. The van der Waals surface area contributed by atoms with Crippen molar-refractivity contribution < 1.29 is 33.1 Å². The fourth-order valence-corrected chi connectivity index (χ4v) is 2.47. The van der Waals surface area contributed by atoms with Crippen LogP contribution in [-0.2, 0) is 20.5 Å². The van der Waals surface area contributed by atoms with Crippen LogP contribution in [-0.4, -0.2) is 0 Å². The third-order valence-corrected chi connectivity index (χ3v) is 3.13. The molecule has 0 spiro atoms. The molecule has 1 aliphatic rings. The fourth-order valence-electron chi connectivity index (χ4n) is 2.47. The lowest BCUT2D eigenvalue weighted by Gasteiger charge is -1.96. The molecule has 0 N–H and O–H groups in total. The molecule has 0 radical (unpaired) electrons. The van der Waals surface area contributed by atoms with Gasteiger partial charge in [0.25, 0.3) is 11.4 Å². The van der Waals surface area contributed by atoms with Gasteiger partial charge in [0.05, 0.1) is 0 Å². The van der Waals surface area contributed by atoms with E-state index in [0.717, 1.165) is 6.42 Å². The lowest BCUT2D eigenvalue weighted by atomic mass is 10.2. The van der Waals surface area contributed by atoms with Gasteiger partial charge in [0.1, 0.15) is 14.1 Å². The molecule has 2 aromatic rings. The van der Waals surface area contributed by atoms with E-state index in [1.807, 2.05) is 0 Å². The molecular formula is C13H14IN2+. The predicted molar refractivity (Wildman–Crippen MR) is 57.0 cm³/mol. The van der Waals surface area contributed by atoms with Gasteiger partial charge in [0, 0.05) is 29.7 Å². The molecule has 3 heteroatoms. The molecule has 0 aliphatic heterocycles. The molecule has 82 valence electrons. The number of halogens is 1. The van der Waals surface area contributed by atoms with Crippen LogP contribution in [0.5, 0.6) is 0 Å². The topological polar surface area (TPSA) is 7.76 Å². The highest BCUT2D eigenvalue weighted by Crippen LogP contribution is 2.30. The van der Waals surface area contributed by atoms with Crippen molar-refractivity contribution in [2.75, 3.05) is 0 Å². The van der Waals surface area contributed by atoms with E-state index in [0.29, 0.717) is 0 Å². The number of aryl methyl sites for hydroxylation is 2. The number of pyridine rings is 2. The van der Waals surface area contributed by atoms with E-state index in [-0.39, 0.29) is 24.0 Å². The van der Waals surface area contributed by atoms with E-state index in [1.54, 1.807) is 0 Å². The van der Waals surface area contributed by atoms with Gasteiger partial charge >= 0.3 is 0 Å². The summed E-state index contributed by atoms with van der Waals surface area (Å²) in [5.41, 5.74) is 5.57. The maximum Gasteiger partial charge on any atom is 0.280 e. The van der Waals surface area contributed by atoms with Crippen molar-refractivity contribution in [3.8, 4) is 11.4 Å². The molecule has 0 saturated heterocycles. The molecular weight excluding hydrogens is 311 g/mol. The minimum Gasteiger partial charge on any atom is -1.00 e. The quantitative estimate of drug-likeness (QED) is 0.331. The molecule has 16 heavy (non-hydrogen) atoms. The maximum atomic E-state index is 2.22. The summed E-state index contributed by atoms with van der Waals surface area (Å²) in [4.78, 5) is 0. The molecule has 1 aliphatic carbocycles. The van der Waals surface area contributed by atoms with Crippen LogP contribution >= 0.6 is 0 Å². The van der Waals surface area contributed by atoms with Crippen molar-refractivity contribution in [2.24, 2.45) is 14.1 Å². The Bertz CT molecular complexity index is 500. The second-order valence-electron chi connectivity index (χ2n) is 4.16. The van der Waals surface area contributed by atoms with Crippen molar-refractivity contribution in [1.82, 2.24) is 0 Å². The summed E-state index contributed by atoms with van der Waals surface area (Å²) in [5, 5.41) is 0. The first-order valence-corrected chi connectivity index (χ1v) is 5.23. The predicted octanol–water partition coefficient (Wildman–Crippen LogP) is -2.09. The van der Waals surface area contributed by atoms with Gasteiger partial charge in [-0.15, -0.1) is 0 Å². The Morgan fingerprint density at radius 2 is 1.31 bits per heavy atom. The van der Waals surface area contributed by atoms with Crippen LogP contribution in [0.1, 0.15) is 11.1 Å². The molecule has 2 nitrogen and oxygen atoms in total. The number of hydrogen-bond acceptors (Lipinski definition) is 0. The van der Waals surface area contributed by atoms with Gasteiger partial charge in [-0.05, 0) is 12.1 Å². The van der Waals surface area contributed by atoms with Crippen LogP contribution in [0.4, 0.5) is 0 Å². The van der Waals surface area contributed by atoms with Crippen molar-refractivity contribution >= 4 is 0 Å². The normalized spacial score (nSPS) is 11.6. The molecule has 0 unspecified atom stereocenters. The summed E-state index contributed by atoms with van der Waals surface area (Å²) in [6.45, 7) is 0. The smallest absolute Gasteiger partial charge is 0.280 e. The van der Waals surface area contributed by atoms with Crippen molar-refractivity contribution in [3.63, 3.8) is 0 Å². The Labute approximate surface area is 113 Å².